The Kier molecular flexibility index (Phi) is 13.8. The van der Waals surface area contributed by atoms with E-state index in [4.69, 9.17) is 61.6 Å². The third-order valence-corrected chi connectivity index (χ3v) is 13.0. The summed E-state index contributed by atoms with van der Waals surface area (Å²) in [7, 11) is 3.60. The van der Waals surface area contributed by atoms with Gasteiger partial charge in [0.2, 0.25) is 4.73 Å². The number of aromatic nitrogens is 10. The third kappa shape index (κ3) is 10.8. The number of halogens is 5. The van der Waals surface area contributed by atoms with E-state index < -0.39 is 0 Å². The fourth-order valence-electron chi connectivity index (χ4n) is 8.87. The minimum Gasteiger partial charge on any atom is -0.424 e. The molecule has 4 bridgehead atoms. The predicted molar refractivity (Wildman–Crippen MR) is 239 cm³/mol. The Hall–Kier alpha value is -4.32. The number of hydrogen-bond donors (Lipinski definition) is 1. The third-order valence-electron chi connectivity index (χ3n) is 11.8. The standard InChI is InChI=1S/C21H22Cl2N6O.C11H15ClN4.C9H7BrClN3O/c1-28-21(30-17-4-2-3-15(22)7-17)25-20(27-28)9-18-13-5-6-14(18)12-29(11-13)16-8-19(23)26-24-10-16;12-10-3-9(4-14-15-10)16-5-7-1-2-8(6-16)11(7)13;1-14-9(12-8(10)13-14)15-7-4-2-3-6(11)5-7/h2-4,7-8,10,13-14,18H,5-6,9,11-12H2,1H3;3-4,7-8,11H,1-2,5-6,13H2;2-5H,1H3. The van der Waals surface area contributed by atoms with E-state index in [2.05, 4.69) is 66.3 Å². The smallest absolute Gasteiger partial charge is 0.321 e. The molecule has 2 aliphatic carbocycles. The van der Waals surface area contributed by atoms with Crippen molar-refractivity contribution in [3.05, 3.63) is 104 Å². The van der Waals surface area contributed by atoms with Crippen molar-refractivity contribution in [1.82, 2.24) is 49.9 Å². The monoisotopic (exact) mass is 969 g/mol. The highest BCUT2D eigenvalue weighted by Gasteiger charge is 2.43. The number of benzene rings is 2. The first-order chi connectivity index (χ1) is 29.4. The van der Waals surface area contributed by atoms with Crippen molar-refractivity contribution < 1.29 is 9.47 Å². The maximum atomic E-state index is 6.17. The molecule has 4 fully saturated rings. The van der Waals surface area contributed by atoms with Gasteiger partial charge in [0.25, 0.3) is 0 Å². The SMILES string of the molecule is Cn1nc(Br)nc1Oc1cccc(Cl)c1.Cn1nc(CC2C3CCC2CN(c2cnnc(Cl)c2)C3)nc1Oc1cccc(Cl)c1.NC1C2CCC1CN(c1cnnc(Cl)c1)C2. The molecule has 4 aliphatic rings. The Balaban J connectivity index is 0.000000139. The maximum absolute atomic E-state index is 6.17. The first kappa shape index (κ1) is 43.3. The second-order valence-electron chi connectivity index (χ2n) is 15.8. The molecule has 20 heteroatoms. The van der Waals surface area contributed by atoms with E-state index in [0.29, 0.717) is 84.2 Å². The number of hydrogen-bond acceptors (Lipinski definition) is 13. The van der Waals surface area contributed by atoms with E-state index in [1.54, 1.807) is 48.4 Å². The van der Waals surface area contributed by atoms with Gasteiger partial charge in [-0.05, 0) is 108 Å². The molecule has 2 saturated carbocycles. The van der Waals surface area contributed by atoms with Gasteiger partial charge >= 0.3 is 12.0 Å². The summed E-state index contributed by atoms with van der Waals surface area (Å²) in [5.41, 5.74) is 8.30. The van der Waals surface area contributed by atoms with Crippen LogP contribution in [0.3, 0.4) is 0 Å². The topological polar surface area (TPSA) is 164 Å². The fraction of sp³-hybridized carbons (Fsp3) is 0.415. The van der Waals surface area contributed by atoms with Crippen LogP contribution in [0.15, 0.2) is 77.8 Å². The summed E-state index contributed by atoms with van der Waals surface area (Å²) in [4.78, 5) is 13.4. The van der Waals surface area contributed by atoms with E-state index in [9.17, 15) is 0 Å². The van der Waals surface area contributed by atoms with Crippen molar-refractivity contribution in [3.8, 4) is 23.5 Å². The minimum atomic E-state index is 0.390. The summed E-state index contributed by atoms with van der Waals surface area (Å²) in [6, 6.07) is 19.4. The minimum absolute atomic E-state index is 0.390. The van der Waals surface area contributed by atoms with Gasteiger partial charge in [-0.25, -0.2) is 9.36 Å². The Bertz CT molecular complexity index is 2410. The van der Waals surface area contributed by atoms with Crippen LogP contribution in [0.4, 0.5) is 11.4 Å². The van der Waals surface area contributed by atoms with Crippen LogP contribution in [-0.2, 0) is 20.5 Å². The highest BCUT2D eigenvalue weighted by atomic mass is 79.9. The molecule has 61 heavy (non-hydrogen) atoms. The second kappa shape index (κ2) is 19.4. The van der Waals surface area contributed by atoms with Crippen molar-refractivity contribution in [3.63, 3.8) is 0 Å². The zero-order valence-electron chi connectivity index (χ0n) is 33.4. The number of rotatable bonds is 8. The van der Waals surface area contributed by atoms with Crippen molar-refractivity contribution in [2.24, 2.45) is 49.4 Å². The van der Waals surface area contributed by atoms with E-state index in [-0.39, 0.29) is 0 Å². The Morgan fingerprint density at radius 1 is 0.656 bits per heavy atom. The molecular weight excluding hydrogens is 928 g/mol. The summed E-state index contributed by atoms with van der Waals surface area (Å²) in [6.45, 7) is 4.06. The van der Waals surface area contributed by atoms with Gasteiger partial charge in [-0.1, -0.05) is 58.5 Å². The average molecular weight is 973 g/mol. The van der Waals surface area contributed by atoms with Crippen LogP contribution in [0.5, 0.6) is 23.5 Å². The molecule has 15 nitrogen and oxygen atoms in total. The lowest BCUT2D eigenvalue weighted by molar-refractivity contribution is 0.265. The van der Waals surface area contributed by atoms with Gasteiger partial charge in [0.1, 0.15) is 11.5 Å². The Labute approximate surface area is 382 Å². The van der Waals surface area contributed by atoms with Crippen LogP contribution in [0.1, 0.15) is 31.5 Å². The summed E-state index contributed by atoms with van der Waals surface area (Å²) < 4.78 is 15.1. The van der Waals surface area contributed by atoms with Gasteiger partial charge in [-0.15, -0.1) is 15.3 Å². The molecule has 4 atom stereocenters. The molecule has 2 N–H and O–H groups in total. The summed E-state index contributed by atoms with van der Waals surface area (Å²) in [5, 5.41) is 26.3. The zero-order chi connectivity index (χ0) is 42.6. The molecule has 2 aliphatic heterocycles. The normalized spacial score (nSPS) is 22.6. The number of anilines is 2. The number of nitrogens with two attached hydrogens (primary N) is 1. The molecule has 6 heterocycles. The van der Waals surface area contributed by atoms with Gasteiger partial charge in [-0.2, -0.15) is 25.3 Å². The summed E-state index contributed by atoms with van der Waals surface area (Å²) >= 11 is 26.9. The summed E-state index contributed by atoms with van der Waals surface area (Å²) in [6.07, 6.45) is 9.43. The Morgan fingerprint density at radius 2 is 1.13 bits per heavy atom. The molecule has 0 amide bonds. The quantitative estimate of drug-likeness (QED) is 0.154. The van der Waals surface area contributed by atoms with Crippen LogP contribution in [0.25, 0.3) is 0 Å². The molecular formula is C41H44BrCl4N13O2. The lowest BCUT2D eigenvalue weighted by Gasteiger charge is -2.38. The first-order valence-corrected chi connectivity index (χ1v) is 22.3. The largest absolute Gasteiger partial charge is 0.424 e. The molecule has 320 valence electrons. The van der Waals surface area contributed by atoms with Crippen LogP contribution in [0, 0.1) is 29.6 Å². The van der Waals surface area contributed by atoms with Gasteiger partial charge in [0, 0.05) is 74.9 Å². The highest BCUT2D eigenvalue weighted by molar-refractivity contribution is 9.10. The van der Waals surface area contributed by atoms with Crippen LogP contribution in [-0.4, -0.2) is 82.1 Å². The number of ether oxygens (including phenoxy) is 2. The van der Waals surface area contributed by atoms with Crippen molar-refractivity contribution >= 4 is 73.7 Å². The van der Waals surface area contributed by atoms with Gasteiger partial charge < -0.3 is 25.0 Å². The van der Waals surface area contributed by atoms with Gasteiger partial charge in [0.15, 0.2) is 16.1 Å². The van der Waals surface area contributed by atoms with Crippen molar-refractivity contribution in [2.45, 2.75) is 38.1 Å². The van der Waals surface area contributed by atoms with Crippen LogP contribution >= 0.6 is 62.3 Å². The molecule has 4 aromatic heterocycles. The van der Waals surface area contributed by atoms with E-state index in [1.807, 2.05) is 43.4 Å². The van der Waals surface area contributed by atoms with E-state index in [1.165, 1.54) is 30.4 Å². The number of piperidine rings is 2. The lowest BCUT2D eigenvalue weighted by atomic mass is 9.82. The molecule has 4 unspecified atom stereocenters. The molecule has 10 rings (SSSR count). The summed E-state index contributed by atoms with van der Waals surface area (Å²) in [5.74, 6) is 5.17. The average Bonchev–Trinajstić information content (AvgIpc) is 3.85. The molecule has 2 aromatic carbocycles. The van der Waals surface area contributed by atoms with E-state index in [0.717, 1.165) is 49.8 Å². The number of aryl methyl sites for hydroxylation is 2. The van der Waals surface area contributed by atoms with Crippen molar-refractivity contribution in [1.29, 1.82) is 0 Å². The fourth-order valence-corrected chi connectivity index (χ4v) is 9.93. The van der Waals surface area contributed by atoms with Crippen LogP contribution in [0.2, 0.25) is 20.4 Å². The first-order valence-electron chi connectivity index (χ1n) is 20.0. The molecule has 0 radical (unpaired) electrons. The highest BCUT2D eigenvalue weighted by Crippen LogP contribution is 2.45. The Morgan fingerprint density at radius 3 is 1.61 bits per heavy atom. The molecule has 0 spiro atoms. The predicted octanol–water partition coefficient (Wildman–Crippen LogP) is 8.74. The molecule has 2 saturated heterocycles. The second-order valence-corrected chi connectivity index (χ2v) is 18.1. The van der Waals surface area contributed by atoms with Gasteiger partial charge in [0.05, 0.1) is 23.8 Å². The lowest BCUT2D eigenvalue weighted by Crippen LogP contribution is -2.48. The van der Waals surface area contributed by atoms with Crippen LogP contribution < -0.4 is 25.0 Å². The number of fused-ring (bicyclic) bond motifs is 4. The van der Waals surface area contributed by atoms with Gasteiger partial charge in [-0.3, -0.25) is 0 Å². The number of nitrogens with zero attached hydrogens (tertiary/aromatic N) is 12. The maximum Gasteiger partial charge on any atom is 0.321 e. The zero-order valence-corrected chi connectivity index (χ0v) is 38.0. The molecule has 6 aromatic rings. The van der Waals surface area contributed by atoms with Crippen molar-refractivity contribution in [2.75, 3.05) is 36.0 Å². The van der Waals surface area contributed by atoms with E-state index >= 15 is 0 Å².